The molecule has 1 heterocycles. The number of amides is 1. The monoisotopic (exact) mass is 436 g/mol. The molecule has 29 heavy (non-hydrogen) atoms. The van der Waals surface area contributed by atoms with Crippen molar-refractivity contribution in [1.82, 2.24) is 10.2 Å². The molecule has 0 spiro atoms. The molecular formula is C18H17ClN4O5S. The van der Waals surface area contributed by atoms with Crippen molar-refractivity contribution >= 4 is 45.0 Å². The molecule has 0 radical (unpaired) electrons. The molecule has 1 aromatic carbocycles. The van der Waals surface area contributed by atoms with Gasteiger partial charge in [-0.1, -0.05) is 23.8 Å². The summed E-state index contributed by atoms with van der Waals surface area (Å²) >= 11 is 5.62. The molecule has 11 heteroatoms. The highest BCUT2D eigenvalue weighted by Crippen LogP contribution is 2.27. The first-order chi connectivity index (χ1) is 13.8. The highest BCUT2D eigenvalue weighted by Gasteiger charge is 2.34. The predicted octanol–water partition coefficient (Wildman–Crippen LogP) is 2.54. The molecule has 1 amide bonds. The number of carbonyl (C=O) groups excluding carboxylic acids is 1. The van der Waals surface area contributed by atoms with Crippen molar-refractivity contribution in [2.75, 3.05) is 10.0 Å². The fourth-order valence-corrected chi connectivity index (χ4v) is 3.99. The summed E-state index contributed by atoms with van der Waals surface area (Å²) in [6.45, 7) is 0. The maximum Gasteiger partial charge on any atom is 0.307 e. The number of carboxylic acids is 1. The highest BCUT2D eigenvalue weighted by molar-refractivity contribution is 7.92. The third kappa shape index (κ3) is 5.09. The summed E-state index contributed by atoms with van der Waals surface area (Å²) in [5.74, 6) is -2.91. The SMILES string of the molecule is O=C(O)[C@H]1CC=CC[C@H]1C(=O)Nc1ccc(S(=O)(=O)Nc2ccc(Cl)nn2)cc1. The summed E-state index contributed by atoms with van der Waals surface area (Å²) < 4.78 is 27.1. The Labute approximate surface area is 171 Å². The van der Waals surface area contributed by atoms with Crippen LogP contribution in [0.2, 0.25) is 5.15 Å². The molecule has 9 nitrogen and oxygen atoms in total. The van der Waals surface area contributed by atoms with Crippen molar-refractivity contribution in [2.24, 2.45) is 11.8 Å². The molecule has 0 fully saturated rings. The van der Waals surface area contributed by atoms with Gasteiger partial charge >= 0.3 is 5.97 Å². The summed E-state index contributed by atoms with van der Waals surface area (Å²) in [6, 6.07) is 8.26. The third-order valence-electron chi connectivity index (χ3n) is 4.39. The van der Waals surface area contributed by atoms with E-state index in [1.165, 1.54) is 36.4 Å². The van der Waals surface area contributed by atoms with Crippen LogP contribution >= 0.6 is 11.6 Å². The normalized spacial score (nSPS) is 18.8. The van der Waals surface area contributed by atoms with Crippen LogP contribution in [0.3, 0.4) is 0 Å². The van der Waals surface area contributed by atoms with Crippen LogP contribution < -0.4 is 10.0 Å². The second-order valence-electron chi connectivity index (χ2n) is 6.35. The lowest BCUT2D eigenvalue weighted by molar-refractivity contribution is -0.146. The van der Waals surface area contributed by atoms with E-state index in [1.54, 1.807) is 12.2 Å². The van der Waals surface area contributed by atoms with Crippen LogP contribution in [0.4, 0.5) is 11.5 Å². The second-order valence-corrected chi connectivity index (χ2v) is 8.42. The van der Waals surface area contributed by atoms with Crippen molar-refractivity contribution < 1.29 is 23.1 Å². The molecule has 1 aliphatic carbocycles. The van der Waals surface area contributed by atoms with Crippen LogP contribution in [0.1, 0.15) is 12.8 Å². The molecule has 3 N–H and O–H groups in total. The predicted molar refractivity (Wildman–Crippen MR) is 106 cm³/mol. The van der Waals surface area contributed by atoms with E-state index in [-0.39, 0.29) is 15.9 Å². The third-order valence-corrected chi connectivity index (χ3v) is 5.96. The van der Waals surface area contributed by atoms with E-state index in [0.717, 1.165) is 0 Å². The number of halogens is 1. The minimum atomic E-state index is -3.91. The van der Waals surface area contributed by atoms with Gasteiger partial charge < -0.3 is 10.4 Å². The van der Waals surface area contributed by atoms with E-state index in [0.29, 0.717) is 18.5 Å². The molecule has 2 atom stereocenters. The first-order valence-corrected chi connectivity index (χ1v) is 10.4. The van der Waals surface area contributed by atoms with Gasteiger partial charge in [0.2, 0.25) is 5.91 Å². The van der Waals surface area contributed by atoms with Crippen LogP contribution in [0, 0.1) is 11.8 Å². The lowest BCUT2D eigenvalue weighted by atomic mass is 9.82. The molecule has 0 aliphatic heterocycles. The Bertz CT molecular complexity index is 1040. The van der Waals surface area contributed by atoms with Gasteiger partial charge in [0, 0.05) is 5.69 Å². The van der Waals surface area contributed by atoms with Gasteiger partial charge in [-0.15, -0.1) is 10.2 Å². The number of allylic oxidation sites excluding steroid dienone is 2. The number of sulfonamides is 1. The van der Waals surface area contributed by atoms with Gasteiger partial charge in [-0.2, -0.15) is 0 Å². The van der Waals surface area contributed by atoms with Crippen LogP contribution in [0.25, 0.3) is 0 Å². The van der Waals surface area contributed by atoms with Crippen molar-refractivity contribution in [1.29, 1.82) is 0 Å². The molecule has 2 aromatic rings. The van der Waals surface area contributed by atoms with Crippen LogP contribution in [0.5, 0.6) is 0 Å². The average Bonchev–Trinajstić information content (AvgIpc) is 2.70. The van der Waals surface area contributed by atoms with Gasteiger partial charge in [0.15, 0.2) is 11.0 Å². The number of benzene rings is 1. The molecule has 1 aromatic heterocycles. The Morgan fingerprint density at radius 2 is 1.66 bits per heavy atom. The largest absolute Gasteiger partial charge is 0.481 e. The van der Waals surface area contributed by atoms with Gasteiger partial charge in [-0.25, -0.2) is 8.42 Å². The summed E-state index contributed by atoms with van der Waals surface area (Å²) in [5, 5.41) is 19.3. The van der Waals surface area contributed by atoms with Crippen molar-refractivity contribution in [3.05, 3.63) is 53.7 Å². The van der Waals surface area contributed by atoms with E-state index in [1.807, 2.05) is 0 Å². The molecular weight excluding hydrogens is 420 g/mol. The fraction of sp³-hybridized carbons (Fsp3) is 0.222. The van der Waals surface area contributed by atoms with Crippen LogP contribution in [-0.2, 0) is 19.6 Å². The molecule has 0 saturated carbocycles. The minimum Gasteiger partial charge on any atom is -0.481 e. The van der Waals surface area contributed by atoms with Crippen LogP contribution in [0.15, 0.2) is 53.4 Å². The number of carbonyl (C=O) groups is 2. The van der Waals surface area contributed by atoms with Crippen molar-refractivity contribution in [3.63, 3.8) is 0 Å². The quantitative estimate of drug-likeness (QED) is 0.591. The van der Waals surface area contributed by atoms with Gasteiger partial charge in [-0.3, -0.25) is 14.3 Å². The van der Waals surface area contributed by atoms with Gasteiger partial charge in [0.05, 0.1) is 16.7 Å². The first-order valence-electron chi connectivity index (χ1n) is 8.57. The Kier molecular flexibility index (Phi) is 6.14. The molecule has 0 saturated heterocycles. The number of nitrogens with one attached hydrogen (secondary N) is 2. The number of anilines is 2. The van der Waals surface area contributed by atoms with E-state index in [2.05, 4.69) is 20.2 Å². The summed E-state index contributed by atoms with van der Waals surface area (Å²) in [7, 11) is -3.91. The number of rotatable bonds is 6. The fourth-order valence-electron chi connectivity index (χ4n) is 2.90. The lowest BCUT2D eigenvalue weighted by Gasteiger charge is -2.24. The number of hydrogen-bond donors (Lipinski definition) is 3. The van der Waals surface area contributed by atoms with Gasteiger partial charge in [0.25, 0.3) is 10.0 Å². The Morgan fingerprint density at radius 1 is 1.00 bits per heavy atom. The summed E-state index contributed by atoms with van der Waals surface area (Å²) in [5.41, 5.74) is 0.360. The summed E-state index contributed by atoms with van der Waals surface area (Å²) in [4.78, 5) is 23.8. The Balaban J connectivity index is 1.69. The minimum absolute atomic E-state index is 0.0110. The number of nitrogens with zero attached hydrogens (tertiary/aromatic N) is 2. The highest BCUT2D eigenvalue weighted by atomic mass is 35.5. The first kappa shape index (κ1) is 20.7. The molecule has 1 aliphatic rings. The molecule has 152 valence electrons. The molecule has 0 bridgehead atoms. The number of hydrogen-bond acceptors (Lipinski definition) is 6. The zero-order valence-electron chi connectivity index (χ0n) is 14.9. The Morgan fingerprint density at radius 3 is 2.24 bits per heavy atom. The van der Waals surface area contributed by atoms with E-state index >= 15 is 0 Å². The maximum absolute atomic E-state index is 12.5. The van der Waals surface area contributed by atoms with E-state index in [9.17, 15) is 23.1 Å². The average molecular weight is 437 g/mol. The zero-order valence-corrected chi connectivity index (χ0v) is 16.5. The van der Waals surface area contributed by atoms with Gasteiger partial charge in [-0.05, 0) is 49.2 Å². The van der Waals surface area contributed by atoms with E-state index in [4.69, 9.17) is 11.6 Å². The topological polar surface area (TPSA) is 138 Å². The second kappa shape index (κ2) is 8.58. The lowest BCUT2D eigenvalue weighted by Crippen LogP contribution is -2.34. The number of carboxylic acid groups (broad SMARTS) is 1. The van der Waals surface area contributed by atoms with Crippen molar-refractivity contribution in [2.45, 2.75) is 17.7 Å². The van der Waals surface area contributed by atoms with Gasteiger partial charge in [0.1, 0.15) is 0 Å². The molecule has 3 rings (SSSR count). The number of aliphatic carboxylic acids is 1. The summed E-state index contributed by atoms with van der Waals surface area (Å²) in [6.07, 6.45) is 4.16. The maximum atomic E-state index is 12.5. The molecule has 0 unspecified atom stereocenters. The van der Waals surface area contributed by atoms with E-state index < -0.39 is 33.7 Å². The van der Waals surface area contributed by atoms with Crippen LogP contribution in [-0.4, -0.2) is 35.6 Å². The van der Waals surface area contributed by atoms with Crippen molar-refractivity contribution in [3.8, 4) is 0 Å². The number of aromatic nitrogens is 2. The smallest absolute Gasteiger partial charge is 0.307 e. The zero-order chi connectivity index (χ0) is 21.0. The Hall–Kier alpha value is -2.98. The standard InChI is InChI=1S/C18H17ClN4O5S/c19-15-9-10-16(22-21-15)23-29(27,28)12-7-5-11(6-8-12)20-17(24)13-3-1-2-4-14(13)18(25)26/h1-2,5-10,13-14H,3-4H2,(H,20,24)(H,22,23)(H,25,26)/t13-,14+/m1/s1.